The van der Waals surface area contributed by atoms with Gasteiger partial charge in [0.15, 0.2) is 0 Å². The first-order valence-electron chi connectivity index (χ1n) is 2.48. The molecule has 0 aliphatic carbocycles. The van der Waals surface area contributed by atoms with Crippen molar-refractivity contribution in [3.8, 4) is 0 Å². The van der Waals surface area contributed by atoms with Gasteiger partial charge in [-0.25, -0.2) is 0 Å². The molecule has 0 aromatic heterocycles. The summed E-state index contributed by atoms with van der Waals surface area (Å²) < 4.78 is 1.55. The van der Waals surface area contributed by atoms with E-state index in [0.717, 1.165) is 5.71 Å². The summed E-state index contributed by atoms with van der Waals surface area (Å²) in [5.41, 5.74) is 3.70. The molecule has 3 nitrogen and oxygen atoms in total. The molecule has 0 bridgehead atoms. The quantitative estimate of drug-likeness (QED) is 0.469. The third-order valence-corrected chi connectivity index (χ3v) is 1.68. The summed E-state index contributed by atoms with van der Waals surface area (Å²) in [6.45, 7) is 3.95. The van der Waals surface area contributed by atoms with Gasteiger partial charge in [0.2, 0.25) is 0 Å². The van der Waals surface area contributed by atoms with Gasteiger partial charge in [0.05, 0.1) is 5.71 Å². The lowest BCUT2D eigenvalue weighted by Gasteiger charge is -2.26. The fourth-order valence-corrected chi connectivity index (χ4v) is 0.671. The van der Waals surface area contributed by atoms with Crippen LogP contribution in [0.25, 0.3) is 0 Å². The van der Waals surface area contributed by atoms with Gasteiger partial charge in [-0.3, -0.25) is 5.53 Å². The normalized spacial score (nSPS) is 29.9. The van der Waals surface area contributed by atoms with E-state index >= 15 is 0 Å². The Morgan fingerprint density at radius 2 is 2.50 bits per heavy atom. The highest BCUT2D eigenvalue weighted by Crippen LogP contribution is 2.01. The van der Waals surface area contributed by atoms with Crippen LogP contribution in [0.5, 0.6) is 0 Å². The SMILES string of the molecule is CC1=NNN([S-])[C@@H]1C. The predicted molar refractivity (Wildman–Crippen MR) is 34.9 cm³/mol. The second-order valence-corrected chi connectivity index (χ2v) is 2.25. The standard InChI is InChI=1S/C4H8N3S/c1-3-4(2)7(8)6-5-3/h4,6H,1-2H3/q-1/t4-/m1/s1. The van der Waals surface area contributed by atoms with Gasteiger partial charge in [0, 0.05) is 6.04 Å². The maximum absolute atomic E-state index is 4.81. The van der Waals surface area contributed by atoms with Gasteiger partial charge in [0.1, 0.15) is 0 Å². The molecule has 0 saturated heterocycles. The number of nitrogens with zero attached hydrogens (tertiary/aromatic N) is 2. The van der Waals surface area contributed by atoms with E-state index in [2.05, 4.69) is 10.6 Å². The van der Waals surface area contributed by atoms with Crippen LogP contribution in [0.4, 0.5) is 0 Å². The number of hydrazine groups is 1. The Morgan fingerprint density at radius 3 is 2.62 bits per heavy atom. The third kappa shape index (κ3) is 0.809. The van der Waals surface area contributed by atoms with Crippen molar-refractivity contribution < 1.29 is 0 Å². The van der Waals surface area contributed by atoms with Gasteiger partial charge in [-0.15, -0.1) is 0 Å². The van der Waals surface area contributed by atoms with E-state index in [9.17, 15) is 0 Å². The van der Waals surface area contributed by atoms with Crippen molar-refractivity contribution in [3.05, 3.63) is 0 Å². The van der Waals surface area contributed by atoms with E-state index < -0.39 is 0 Å². The molecule has 0 amide bonds. The van der Waals surface area contributed by atoms with Crippen LogP contribution in [0.15, 0.2) is 5.10 Å². The molecule has 0 spiro atoms. The molecule has 0 radical (unpaired) electrons. The number of rotatable bonds is 0. The Balaban J connectivity index is 2.59. The highest BCUT2D eigenvalue weighted by Gasteiger charge is 2.10. The van der Waals surface area contributed by atoms with E-state index in [-0.39, 0.29) is 6.04 Å². The second kappa shape index (κ2) is 1.95. The van der Waals surface area contributed by atoms with Crippen molar-refractivity contribution in [2.75, 3.05) is 0 Å². The smallest absolute Gasteiger partial charge is 0.0529 e. The van der Waals surface area contributed by atoms with Gasteiger partial charge in [-0.2, -0.15) is 5.10 Å². The molecule has 1 aliphatic rings. The first kappa shape index (κ1) is 5.91. The molecule has 4 heteroatoms. The zero-order valence-electron chi connectivity index (χ0n) is 4.88. The van der Waals surface area contributed by atoms with Crippen LogP contribution in [0.2, 0.25) is 0 Å². The zero-order valence-corrected chi connectivity index (χ0v) is 5.70. The Bertz CT molecular complexity index is 122. The second-order valence-electron chi connectivity index (χ2n) is 1.85. The maximum Gasteiger partial charge on any atom is 0.0529 e. The van der Waals surface area contributed by atoms with Gasteiger partial charge in [-0.1, -0.05) is 0 Å². The molecular formula is C4H8N3S-. The number of hydrogen-bond donors (Lipinski definition) is 1. The highest BCUT2D eigenvalue weighted by molar-refractivity contribution is 7.55. The van der Waals surface area contributed by atoms with Crippen LogP contribution in [0, 0.1) is 0 Å². The van der Waals surface area contributed by atoms with Crippen molar-refractivity contribution in [1.82, 2.24) is 9.95 Å². The zero-order chi connectivity index (χ0) is 6.15. The van der Waals surface area contributed by atoms with Gasteiger partial charge >= 0.3 is 0 Å². The number of nitrogens with one attached hydrogen (secondary N) is 1. The van der Waals surface area contributed by atoms with Crippen molar-refractivity contribution in [2.45, 2.75) is 19.9 Å². The van der Waals surface area contributed by atoms with Crippen LogP contribution < -0.4 is 5.53 Å². The van der Waals surface area contributed by atoms with Gasteiger partial charge < -0.3 is 17.2 Å². The molecule has 0 aromatic carbocycles. The topological polar surface area (TPSA) is 27.6 Å². The van der Waals surface area contributed by atoms with E-state index in [1.54, 1.807) is 4.41 Å². The lowest BCUT2D eigenvalue weighted by atomic mass is 10.2. The fraction of sp³-hybridized carbons (Fsp3) is 0.750. The first-order valence-corrected chi connectivity index (χ1v) is 2.84. The van der Waals surface area contributed by atoms with Crippen molar-refractivity contribution in [1.29, 1.82) is 0 Å². The molecule has 0 fully saturated rings. The molecule has 0 aromatic rings. The van der Waals surface area contributed by atoms with Crippen LogP contribution in [0.3, 0.4) is 0 Å². The molecule has 1 aliphatic heterocycles. The summed E-state index contributed by atoms with van der Waals surface area (Å²) in [6, 6.07) is 0.269. The Morgan fingerprint density at radius 1 is 1.88 bits per heavy atom. The first-order chi connectivity index (χ1) is 3.72. The summed E-state index contributed by atoms with van der Waals surface area (Å²) in [7, 11) is 0. The Labute approximate surface area is 54.3 Å². The molecule has 0 saturated carbocycles. The number of hydrogen-bond acceptors (Lipinski definition) is 4. The summed E-state index contributed by atoms with van der Waals surface area (Å²) in [6.07, 6.45) is 0. The fourth-order valence-electron chi connectivity index (χ4n) is 0.478. The Hall–Kier alpha value is -0.220. The van der Waals surface area contributed by atoms with Crippen LogP contribution in [-0.2, 0) is 12.8 Å². The van der Waals surface area contributed by atoms with Crippen LogP contribution >= 0.6 is 0 Å². The van der Waals surface area contributed by atoms with Crippen LogP contribution in [0.1, 0.15) is 13.8 Å². The lowest BCUT2D eigenvalue weighted by Crippen LogP contribution is -2.32. The van der Waals surface area contributed by atoms with Crippen molar-refractivity contribution in [2.24, 2.45) is 5.10 Å². The summed E-state index contributed by atoms with van der Waals surface area (Å²) in [4.78, 5) is 0. The summed E-state index contributed by atoms with van der Waals surface area (Å²) in [5, 5.41) is 3.89. The van der Waals surface area contributed by atoms with E-state index in [1.165, 1.54) is 0 Å². The average molecular weight is 130 g/mol. The lowest BCUT2D eigenvalue weighted by molar-refractivity contribution is 0.379. The summed E-state index contributed by atoms with van der Waals surface area (Å²) in [5.74, 6) is 0. The van der Waals surface area contributed by atoms with E-state index in [4.69, 9.17) is 12.8 Å². The minimum Gasteiger partial charge on any atom is -0.676 e. The minimum atomic E-state index is 0.269. The number of hydrazone groups is 1. The summed E-state index contributed by atoms with van der Waals surface area (Å²) >= 11 is 4.81. The van der Waals surface area contributed by atoms with E-state index in [1.807, 2.05) is 13.8 Å². The van der Waals surface area contributed by atoms with Crippen molar-refractivity contribution >= 4 is 18.5 Å². The minimum absolute atomic E-state index is 0.269. The average Bonchev–Trinajstić information content (AvgIpc) is 1.98. The largest absolute Gasteiger partial charge is 0.676 e. The molecule has 0 unspecified atom stereocenters. The van der Waals surface area contributed by atoms with E-state index in [0.29, 0.717) is 0 Å². The van der Waals surface area contributed by atoms with Gasteiger partial charge in [-0.05, 0) is 13.8 Å². The predicted octanol–water partition coefficient (Wildman–Crippen LogP) is 0.0329. The molecule has 1 atom stereocenters. The third-order valence-electron chi connectivity index (χ3n) is 1.28. The maximum atomic E-state index is 4.81. The molecule has 1 rings (SSSR count). The molecule has 8 heavy (non-hydrogen) atoms. The Kier molecular flexibility index (Phi) is 1.44. The molecule has 1 heterocycles. The van der Waals surface area contributed by atoms with Crippen molar-refractivity contribution in [3.63, 3.8) is 0 Å². The molecular weight excluding hydrogens is 122 g/mol. The molecule has 46 valence electrons. The monoisotopic (exact) mass is 130 g/mol. The van der Waals surface area contributed by atoms with Gasteiger partial charge in [0.25, 0.3) is 0 Å². The van der Waals surface area contributed by atoms with Crippen LogP contribution in [-0.4, -0.2) is 16.2 Å². The highest BCUT2D eigenvalue weighted by atomic mass is 32.1. The molecule has 1 N–H and O–H groups in total.